The lowest BCUT2D eigenvalue weighted by Gasteiger charge is -2.18. The lowest BCUT2D eigenvalue weighted by Crippen LogP contribution is -2.23. The number of rotatable bonds is 8. The van der Waals surface area contributed by atoms with E-state index in [4.69, 9.17) is 14.2 Å². The van der Waals surface area contributed by atoms with Crippen LogP contribution in [0.1, 0.15) is 5.56 Å². The Bertz CT molecular complexity index is 395. The summed E-state index contributed by atoms with van der Waals surface area (Å²) in [7, 11) is 6.74. The van der Waals surface area contributed by atoms with Crippen LogP contribution >= 0.6 is 0 Å². The Morgan fingerprint density at radius 3 is 2.11 bits per heavy atom. The minimum absolute atomic E-state index is 0.417. The van der Waals surface area contributed by atoms with Gasteiger partial charge in [0.2, 0.25) is 0 Å². The third kappa shape index (κ3) is 4.13. The minimum Gasteiger partial charge on any atom is -0.496 e. The van der Waals surface area contributed by atoms with Gasteiger partial charge in [0.25, 0.3) is 0 Å². The van der Waals surface area contributed by atoms with Crippen LogP contribution in [0.15, 0.2) is 12.1 Å². The predicted molar refractivity (Wildman–Crippen MR) is 73.4 cm³/mol. The quantitative estimate of drug-likeness (QED) is 0.666. The van der Waals surface area contributed by atoms with Crippen LogP contribution < -0.4 is 14.2 Å². The van der Waals surface area contributed by atoms with E-state index in [-0.39, 0.29) is 0 Å². The molecule has 106 valence electrons. The number of methoxy groups -OCH3 is 3. The highest BCUT2D eigenvalue weighted by atomic mass is 16.5. The van der Waals surface area contributed by atoms with Crippen molar-refractivity contribution >= 4 is 6.29 Å². The molecule has 0 bridgehead atoms. The third-order valence-corrected chi connectivity index (χ3v) is 2.95. The maximum absolute atomic E-state index is 10.4. The first-order chi connectivity index (χ1) is 9.15. The van der Waals surface area contributed by atoms with Gasteiger partial charge in [0.05, 0.1) is 27.9 Å². The largest absolute Gasteiger partial charge is 0.496 e. The Morgan fingerprint density at radius 2 is 1.68 bits per heavy atom. The summed E-state index contributed by atoms with van der Waals surface area (Å²) in [6.07, 6.45) is 1.63. The van der Waals surface area contributed by atoms with Crippen molar-refractivity contribution in [1.29, 1.82) is 0 Å². The van der Waals surface area contributed by atoms with E-state index in [0.29, 0.717) is 12.3 Å². The van der Waals surface area contributed by atoms with Crippen molar-refractivity contribution in [2.24, 2.45) is 0 Å². The van der Waals surface area contributed by atoms with Crippen LogP contribution in [-0.2, 0) is 11.2 Å². The van der Waals surface area contributed by atoms with Crippen LogP contribution in [0.25, 0.3) is 0 Å². The minimum atomic E-state index is 0.417. The molecule has 0 radical (unpaired) electrons. The molecule has 0 heterocycles. The number of hydrogen-bond donors (Lipinski definition) is 0. The van der Waals surface area contributed by atoms with Crippen molar-refractivity contribution in [3.8, 4) is 17.2 Å². The fraction of sp³-hybridized carbons (Fsp3) is 0.500. The summed E-state index contributed by atoms with van der Waals surface area (Å²) in [5.74, 6) is 2.16. The van der Waals surface area contributed by atoms with Gasteiger partial charge in [-0.15, -0.1) is 0 Å². The number of likely N-dealkylation sites (N-methyl/N-ethyl adjacent to an activating group) is 1. The van der Waals surface area contributed by atoms with Crippen molar-refractivity contribution in [3.05, 3.63) is 17.7 Å². The molecule has 0 fully saturated rings. The molecule has 0 atom stereocenters. The summed E-state index contributed by atoms with van der Waals surface area (Å²) in [5, 5.41) is 0. The zero-order valence-corrected chi connectivity index (χ0v) is 11.9. The number of carbonyl (C=O) groups is 1. The highest BCUT2D eigenvalue weighted by Crippen LogP contribution is 2.34. The van der Waals surface area contributed by atoms with E-state index in [2.05, 4.69) is 0 Å². The number of nitrogens with zero attached hydrogens (tertiary/aromatic N) is 1. The van der Waals surface area contributed by atoms with E-state index in [1.54, 1.807) is 21.3 Å². The maximum Gasteiger partial charge on any atom is 0.133 e. The van der Waals surface area contributed by atoms with Crippen molar-refractivity contribution < 1.29 is 19.0 Å². The fourth-order valence-electron chi connectivity index (χ4n) is 1.85. The average Bonchev–Trinajstić information content (AvgIpc) is 2.44. The molecule has 0 amide bonds. The fourth-order valence-corrected chi connectivity index (χ4v) is 1.85. The molecule has 0 aliphatic rings. The Labute approximate surface area is 114 Å². The Kier molecular flexibility index (Phi) is 6.15. The topological polar surface area (TPSA) is 48.0 Å². The summed E-state index contributed by atoms with van der Waals surface area (Å²) in [6, 6.07) is 3.66. The molecule has 5 nitrogen and oxygen atoms in total. The Hall–Kier alpha value is -1.75. The summed E-state index contributed by atoms with van der Waals surface area (Å²) in [5.41, 5.74) is 0.976. The molecule has 1 aromatic rings. The number of benzene rings is 1. The first-order valence-corrected chi connectivity index (χ1v) is 6.07. The van der Waals surface area contributed by atoms with Gasteiger partial charge in [0.15, 0.2) is 0 Å². The highest BCUT2D eigenvalue weighted by Gasteiger charge is 2.13. The van der Waals surface area contributed by atoms with Gasteiger partial charge >= 0.3 is 0 Å². The lowest BCUT2D eigenvalue weighted by molar-refractivity contribution is -0.108. The second-order valence-corrected chi connectivity index (χ2v) is 4.19. The average molecular weight is 267 g/mol. The molecule has 5 heteroatoms. The molecule has 1 aromatic carbocycles. The second-order valence-electron chi connectivity index (χ2n) is 4.19. The van der Waals surface area contributed by atoms with Crippen LogP contribution in [0, 0.1) is 0 Å². The van der Waals surface area contributed by atoms with Gasteiger partial charge in [-0.3, -0.25) is 4.90 Å². The van der Waals surface area contributed by atoms with Crippen molar-refractivity contribution in [2.45, 2.75) is 6.42 Å². The van der Waals surface area contributed by atoms with Gasteiger partial charge in [0, 0.05) is 24.2 Å². The molecule has 1 rings (SSSR count). The molecule has 0 unspecified atom stereocenters. The number of aldehydes is 1. The van der Waals surface area contributed by atoms with Crippen molar-refractivity contribution in [1.82, 2.24) is 4.90 Å². The first kappa shape index (κ1) is 15.3. The van der Waals surface area contributed by atoms with E-state index in [1.807, 2.05) is 24.1 Å². The standard InChI is InChI=1S/C14H21NO4/c1-15(7-8-16)6-5-12-13(18-3)9-11(17-2)10-14(12)19-4/h8-10H,5-7H2,1-4H3. The monoisotopic (exact) mass is 267 g/mol. The zero-order chi connectivity index (χ0) is 14.3. The molecule has 0 aliphatic heterocycles. The molecule has 19 heavy (non-hydrogen) atoms. The van der Waals surface area contributed by atoms with Gasteiger partial charge in [0.1, 0.15) is 23.5 Å². The van der Waals surface area contributed by atoms with Crippen LogP contribution in [0.4, 0.5) is 0 Å². The Balaban J connectivity index is 2.93. The van der Waals surface area contributed by atoms with Gasteiger partial charge in [-0.1, -0.05) is 0 Å². The highest BCUT2D eigenvalue weighted by molar-refractivity contribution is 5.52. The zero-order valence-electron chi connectivity index (χ0n) is 11.9. The molecule has 0 aromatic heterocycles. The maximum atomic E-state index is 10.4. The van der Waals surface area contributed by atoms with E-state index < -0.39 is 0 Å². The van der Waals surface area contributed by atoms with Crippen molar-refractivity contribution in [2.75, 3.05) is 41.5 Å². The molecule has 0 N–H and O–H groups in total. The SMILES string of the molecule is COc1cc(OC)c(CCN(C)CC=O)c(OC)c1. The van der Waals surface area contributed by atoms with Gasteiger partial charge in [-0.25, -0.2) is 0 Å². The molecular formula is C14H21NO4. The van der Waals surface area contributed by atoms with E-state index in [1.165, 1.54) is 0 Å². The van der Waals surface area contributed by atoms with E-state index in [0.717, 1.165) is 36.3 Å². The van der Waals surface area contributed by atoms with Gasteiger partial charge in [-0.05, 0) is 13.5 Å². The second kappa shape index (κ2) is 7.63. The first-order valence-electron chi connectivity index (χ1n) is 6.07. The van der Waals surface area contributed by atoms with Crippen LogP contribution in [0.3, 0.4) is 0 Å². The van der Waals surface area contributed by atoms with Gasteiger partial charge in [-0.2, -0.15) is 0 Å². The summed E-state index contributed by atoms with van der Waals surface area (Å²) in [6.45, 7) is 1.17. The summed E-state index contributed by atoms with van der Waals surface area (Å²) in [4.78, 5) is 12.4. The molecule has 0 saturated heterocycles. The lowest BCUT2D eigenvalue weighted by atomic mass is 10.1. The number of carbonyl (C=O) groups excluding carboxylic acids is 1. The van der Waals surface area contributed by atoms with E-state index >= 15 is 0 Å². The van der Waals surface area contributed by atoms with Crippen LogP contribution in [0.2, 0.25) is 0 Å². The van der Waals surface area contributed by atoms with Gasteiger partial charge < -0.3 is 19.0 Å². The Morgan fingerprint density at radius 1 is 1.11 bits per heavy atom. The smallest absolute Gasteiger partial charge is 0.133 e. The number of hydrogen-bond acceptors (Lipinski definition) is 5. The normalized spacial score (nSPS) is 10.4. The molecular weight excluding hydrogens is 246 g/mol. The summed E-state index contributed by atoms with van der Waals surface area (Å²) >= 11 is 0. The third-order valence-electron chi connectivity index (χ3n) is 2.95. The summed E-state index contributed by atoms with van der Waals surface area (Å²) < 4.78 is 16.0. The molecule has 0 aliphatic carbocycles. The van der Waals surface area contributed by atoms with Crippen molar-refractivity contribution in [3.63, 3.8) is 0 Å². The number of ether oxygens (including phenoxy) is 3. The van der Waals surface area contributed by atoms with Crippen LogP contribution in [-0.4, -0.2) is 52.7 Å². The molecule has 0 spiro atoms. The van der Waals surface area contributed by atoms with Crippen LogP contribution in [0.5, 0.6) is 17.2 Å². The van der Waals surface area contributed by atoms with E-state index in [9.17, 15) is 4.79 Å². The predicted octanol–water partition coefficient (Wildman–Crippen LogP) is 1.39. The molecule has 0 saturated carbocycles.